The molecule has 3 heteroatoms. The van der Waals surface area contributed by atoms with E-state index in [2.05, 4.69) is 33.0 Å². The minimum atomic E-state index is 0.152. The van der Waals surface area contributed by atoms with Crippen LogP contribution in [0.4, 0.5) is 0 Å². The number of nitrogens with zero attached hydrogens (tertiary/aromatic N) is 1. The van der Waals surface area contributed by atoms with Gasteiger partial charge in [-0.05, 0) is 51.0 Å². The number of hydrogen-bond acceptors (Lipinski definition) is 2. The van der Waals surface area contributed by atoms with Gasteiger partial charge < -0.3 is 10.2 Å². The minimum Gasteiger partial charge on any atom is -0.333 e. The standard InChI is InChI=1S/C15H22N2O/c1-10-5-6-14(7-11(10)2)15(18)17-9-12(3)16-8-13(17)4/h5-7,12-13,16H,8-9H2,1-4H3. The van der Waals surface area contributed by atoms with Gasteiger partial charge in [0.05, 0.1) is 0 Å². The molecular weight excluding hydrogens is 224 g/mol. The highest BCUT2D eigenvalue weighted by Gasteiger charge is 2.27. The van der Waals surface area contributed by atoms with Gasteiger partial charge in [0.2, 0.25) is 0 Å². The lowest BCUT2D eigenvalue weighted by atomic mass is 10.0. The fraction of sp³-hybridized carbons (Fsp3) is 0.533. The highest BCUT2D eigenvalue weighted by Crippen LogP contribution is 2.15. The van der Waals surface area contributed by atoms with Crippen molar-refractivity contribution >= 4 is 5.91 Å². The van der Waals surface area contributed by atoms with Crippen LogP contribution < -0.4 is 5.32 Å². The second-order valence-electron chi connectivity index (χ2n) is 5.41. The molecule has 0 saturated carbocycles. The lowest BCUT2D eigenvalue weighted by molar-refractivity contribution is 0.0616. The summed E-state index contributed by atoms with van der Waals surface area (Å²) >= 11 is 0. The molecule has 1 heterocycles. The number of amides is 1. The van der Waals surface area contributed by atoms with Crippen LogP contribution in [0.25, 0.3) is 0 Å². The number of carbonyl (C=O) groups is 1. The number of benzene rings is 1. The molecule has 98 valence electrons. The fourth-order valence-corrected chi connectivity index (χ4v) is 2.34. The van der Waals surface area contributed by atoms with E-state index in [4.69, 9.17) is 0 Å². The molecule has 18 heavy (non-hydrogen) atoms. The monoisotopic (exact) mass is 246 g/mol. The van der Waals surface area contributed by atoms with Crippen molar-refractivity contribution in [2.75, 3.05) is 13.1 Å². The van der Waals surface area contributed by atoms with Gasteiger partial charge in [0, 0.05) is 30.7 Å². The van der Waals surface area contributed by atoms with Crippen molar-refractivity contribution in [3.63, 3.8) is 0 Å². The Morgan fingerprint density at radius 2 is 2.00 bits per heavy atom. The van der Waals surface area contributed by atoms with Crippen molar-refractivity contribution in [1.82, 2.24) is 10.2 Å². The first-order valence-electron chi connectivity index (χ1n) is 6.60. The van der Waals surface area contributed by atoms with Crippen LogP contribution in [-0.4, -0.2) is 36.0 Å². The van der Waals surface area contributed by atoms with E-state index in [9.17, 15) is 4.79 Å². The molecule has 1 aliphatic rings. The molecule has 1 fully saturated rings. The maximum Gasteiger partial charge on any atom is 0.254 e. The maximum absolute atomic E-state index is 12.5. The van der Waals surface area contributed by atoms with E-state index >= 15 is 0 Å². The van der Waals surface area contributed by atoms with Crippen LogP contribution in [-0.2, 0) is 0 Å². The zero-order valence-electron chi connectivity index (χ0n) is 11.7. The first-order chi connectivity index (χ1) is 8.49. The smallest absolute Gasteiger partial charge is 0.254 e. The first kappa shape index (κ1) is 13.1. The van der Waals surface area contributed by atoms with E-state index in [1.54, 1.807) is 0 Å². The molecule has 0 aliphatic carbocycles. The molecule has 0 radical (unpaired) electrons. The van der Waals surface area contributed by atoms with Crippen molar-refractivity contribution in [3.8, 4) is 0 Å². The second-order valence-corrected chi connectivity index (χ2v) is 5.41. The fourth-order valence-electron chi connectivity index (χ4n) is 2.34. The molecule has 1 saturated heterocycles. The quantitative estimate of drug-likeness (QED) is 0.823. The van der Waals surface area contributed by atoms with E-state index in [1.807, 2.05) is 23.1 Å². The molecule has 1 aromatic rings. The molecule has 0 bridgehead atoms. The average molecular weight is 246 g/mol. The Hall–Kier alpha value is -1.35. The molecule has 3 nitrogen and oxygen atoms in total. The zero-order valence-corrected chi connectivity index (χ0v) is 11.7. The SMILES string of the molecule is Cc1ccc(C(=O)N2CC(C)NCC2C)cc1C. The van der Waals surface area contributed by atoms with Crippen molar-refractivity contribution in [2.45, 2.75) is 39.8 Å². The van der Waals surface area contributed by atoms with Gasteiger partial charge >= 0.3 is 0 Å². The topological polar surface area (TPSA) is 32.3 Å². The Morgan fingerprint density at radius 3 is 2.67 bits per heavy atom. The van der Waals surface area contributed by atoms with Gasteiger partial charge in [-0.15, -0.1) is 0 Å². The van der Waals surface area contributed by atoms with Crippen LogP contribution >= 0.6 is 0 Å². The second kappa shape index (κ2) is 5.11. The van der Waals surface area contributed by atoms with Gasteiger partial charge in [0.25, 0.3) is 5.91 Å². The Labute approximate surface area is 109 Å². The van der Waals surface area contributed by atoms with E-state index in [-0.39, 0.29) is 11.9 Å². The predicted molar refractivity (Wildman–Crippen MR) is 73.9 cm³/mol. The van der Waals surface area contributed by atoms with Crippen molar-refractivity contribution in [2.24, 2.45) is 0 Å². The number of carbonyl (C=O) groups excluding carboxylic acids is 1. The van der Waals surface area contributed by atoms with Crippen LogP contribution in [0, 0.1) is 13.8 Å². The summed E-state index contributed by atoms with van der Waals surface area (Å²) in [5.41, 5.74) is 3.21. The number of hydrogen-bond donors (Lipinski definition) is 1. The van der Waals surface area contributed by atoms with Crippen LogP contribution in [0.5, 0.6) is 0 Å². The summed E-state index contributed by atoms with van der Waals surface area (Å²) in [4.78, 5) is 14.5. The summed E-state index contributed by atoms with van der Waals surface area (Å²) < 4.78 is 0. The lowest BCUT2D eigenvalue weighted by Crippen LogP contribution is -2.56. The van der Waals surface area contributed by atoms with Gasteiger partial charge in [0.1, 0.15) is 0 Å². The lowest BCUT2D eigenvalue weighted by Gasteiger charge is -2.37. The van der Waals surface area contributed by atoms with Gasteiger partial charge in [-0.2, -0.15) is 0 Å². The minimum absolute atomic E-state index is 0.152. The molecule has 1 aliphatic heterocycles. The molecular formula is C15H22N2O. The third-order valence-corrected chi connectivity index (χ3v) is 3.78. The van der Waals surface area contributed by atoms with Crippen LogP contribution in [0.2, 0.25) is 0 Å². The van der Waals surface area contributed by atoms with Crippen molar-refractivity contribution < 1.29 is 4.79 Å². The largest absolute Gasteiger partial charge is 0.333 e. The highest BCUT2D eigenvalue weighted by atomic mass is 16.2. The van der Waals surface area contributed by atoms with E-state index in [1.165, 1.54) is 11.1 Å². The molecule has 2 unspecified atom stereocenters. The van der Waals surface area contributed by atoms with Crippen LogP contribution in [0.3, 0.4) is 0 Å². The van der Waals surface area contributed by atoms with Crippen molar-refractivity contribution in [1.29, 1.82) is 0 Å². The summed E-state index contributed by atoms with van der Waals surface area (Å²) in [5.74, 6) is 0.152. The van der Waals surface area contributed by atoms with Gasteiger partial charge in [-0.25, -0.2) is 0 Å². The molecule has 2 rings (SSSR count). The molecule has 0 spiro atoms. The highest BCUT2D eigenvalue weighted by molar-refractivity contribution is 5.94. The van der Waals surface area contributed by atoms with Gasteiger partial charge in [-0.1, -0.05) is 6.07 Å². The number of aryl methyl sites for hydroxylation is 2. The molecule has 1 aromatic carbocycles. The maximum atomic E-state index is 12.5. The Bertz CT molecular complexity index is 456. The van der Waals surface area contributed by atoms with Crippen molar-refractivity contribution in [3.05, 3.63) is 34.9 Å². The summed E-state index contributed by atoms with van der Waals surface area (Å²) in [7, 11) is 0. The average Bonchev–Trinajstić information content (AvgIpc) is 2.35. The number of nitrogens with one attached hydrogen (secondary N) is 1. The zero-order chi connectivity index (χ0) is 13.3. The van der Waals surface area contributed by atoms with Crippen LogP contribution in [0.1, 0.15) is 35.3 Å². The first-order valence-corrected chi connectivity index (χ1v) is 6.60. The van der Waals surface area contributed by atoms with E-state index in [0.29, 0.717) is 6.04 Å². The van der Waals surface area contributed by atoms with Gasteiger partial charge in [-0.3, -0.25) is 4.79 Å². The molecule has 2 atom stereocenters. The predicted octanol–water partition coefficient (Wildman–Crippen LogP) is 2.13. The number of piperazine rings is 1. The molecule has 1 N–H and O–H groups in total. The summed E-state index contributed by atoms with van der Waals surface area (Å²) in [6, 6.07) is 6.59. The molecule has 0 aromatic heterocycles. The van der Waals surface area contributed by atoms with Crippen LogP contribution in [0.15, 0.2) is 18.2 Å². The Morgan fingerprint density at radius 1 is 1.28 bits per heavy atom. The summed E-state index contributed by atoms with van der Waals surface area (Å²) in [5, 5.41) is 3.39. The number of rotatable bonds is 1. The third kappa shape index (κ3) is 2.56. The van der Waals surface area contributed by atoms with E-state index < -0.39 is 0 Å². The summed E-state index contributed by atoms with van der Waals surface area (Å²) in [6.45, 7) is 9.99. The van der Waals surface area contributed by atoms with Gasteiger partial charge in [0.15, 0.2) is 0 Å². The Balaban J connectivity index is 2.21. The third-order valence-electron chi connectivity index (χ3n) is 3.78. The summed E-state index contributed by atoms with van der Waals surface area (Å²) in [6.07, 6.45) is 0. The van der Waals surface area contributed by atoms with E-state index in [0.717, 1.165) is 18.7 Å². The Kier molecular flexibility index (Phi) is 3.71. The molecule has 1 amide bonds. The normalized spacial score (nSPS) is 24.1.